The Morgan fingerprint density at radius 2 is 2.04 bits per heavy atom. The molecule has 3 rings (SSSR count). The van der Waals surface area contributed by atoms with Crippen LogP contribution in [0.4, 0.5) is 0 Å². The van der Waals surface area contributed by atoms with Gasteiger partial charge in [-0.3, -0.25) is 4.79 Å². The number of carbonyl (C=O) groups is 1. The van der Waals surface area contributed by atoms with Crippen molar-refractivity contribution < 1.29 is 4.79 Å². The summed E-state index contributed by atoms with van der Waals surface area (Å²) in [5.41, 5.74) is 3.48. The fourth-order valence-electron chi connectivity index (χ4n) is 3.60. The van der Waals surface area contributed by atoms with E-state index in [1.165, 1.54) is 10.9 Å². The number of nitrogens with zero attached hydrogens (tertiary/aromatic N) is 2. The van der Waals surface area contributed by atoms with Crippen LogP contribution in [0.15, 0.2) is 30.5 Å². The lowest BCUT2D eigenvalue weighted by atomic mass is 9.82. The van der Waals surface area contributed by atoms with Crippen LogP contribution in [0.5, 0.6) is 0 Å². The maximum absolute atomic E-state index is 12.6. The van der Waals surface area contributed by atoms with Crippen molar-refractivity contribution in [3.8, 4) is 0 Å². The molecule has 2 aromatic rings. The number of carbonyl (C=O) groups excluding carboxylic acids is 1. The zero-order valence-corrected chi connectivity index (χ0v) is 15.1. The fourth-order valence-corrected chi connectivity index (χ4v) is 3.60. The Labute approximate surface area is 144 Å². The maximum Gasteiger partial charge on any atom is 0.226 e. The van der Waals surface area contributed by atoms with Gasteiger partial charge in [0.25, 0.3) is 0 Å². The standard InChI is InChI=1S/C20H27N3O/c1-20(2)14-23(18(24)10-7-12-22(3)4)13-11-17-19(20)15-8-5-6-9-16(15)21-17/h5-6,8-9,11,13,21H,7,10,12,14H2,1-4H3. The minimum atomic E-state index is -0.102. The highest BCUT2D eigenvalue weighted by Crippen LogP contribution is 2.37. The average Bonchev–Trinajstić information content (AvgIpc) is 2.83. The smallest absolute Gasteiger partial charge is 0.226 e. The Morgan fingerprint density at radius 1 is 1.29 bits per heavy atom. The number of hydrogen-bond acceptors (Lipinski definition) is 2. The van der Waals surface area contributed by atoms with E-state index in [4.69, 9.17) is 0 Å². The van der Waals surface area contributed by atoms with E-state index < -0.39 is 0 Å². The van der Waals surface area contributed by atoms with Crippen molar-refractivity contribution in [3.63, 3.8) is 0 Å². The predicted octanol–water partition coefficient (Wildman–Crippen LogP) is 3.60. The van der Waals surface area contributed by atoms with Gasteiger partial charge in [-0.05, 0) is 44.8 Å². The molecular formula is C20H27N3O. The molecule has 0 bridgehead atoms. The van der Waals surface area contributed by atoms with Gasteiger partial charge in [-0.2, -0.15) is 0 Å². The SMILES string of the molecule is CN(C)CCCC(=O)N1C=Cc2[nH]c3ccccc3c2C(C)(C)C1. The van der Waals surface area contributed by atoms with Crippen molar-refractivity contribution in [2.45, 2.75) is 32.1 Å². The Kier molecular flexibility index (Phi) is 4.50. The number of H-pyrrole nitrogens is 1. The molecule has 0 spiro atoms. The normalized spacial score (nSPS) is 16.5. The van der Waals surface area contributed by atoms with Crippen LogP contribution in [-0.2, 0) is 10.2 Å². The first-order chi connectivity index (χ1) is 11.4. The monoisotopic (exact) mass is 325 g/mol. The average molecular weight is 325 g/mol. The molecule has 2 heterocycles. The van der Waals surface area contributed by atoms with E-state index in [9.17, 15) is 4.79 Å². The largest absolute Gasteiger partial charge is 0.355 e. The number of hydrogen-bond donors (Lipinski definition) is 1. The van der Waals surface area contributed by atoms with E-state index in [1.54, 1.807) is 0 Å². The highest BCUT2D eigenvalue weighted by Gasteiger charge is 2.32. The third-order valence-corrected chi connectivity index (χ3v) is 4.71. The van der Waals surface area contributed by atoms with Crippen LogP contribution in [0.1, 0.15) is 37.9 Å². The van der Waals surface area contributed by atoms with Gasteiger partial charge in [0.05, 0.1) is 0 Å². The van der Waals surface area contributed by atoms with E-state index in [0.717, 1.165) is 24.2 Å². The Morgan fingerprint density at radius 3 is 2.79 bits per heavy atom. The quantitative estimate of drug-likeness (QED) is 0.933. The first kappa shape index (κ1) is 16.8. The van der Waals surface area contributed by atoms with Gasteiger partial charge in [-0.25, -0.2) is 0 Å². The van der Waals surface area contributed by atoms with Crippen LogP contribution in [-0.4, -0.2) is 47.9 Å². The number of rotatable bonds is 4. The van der Waals surface area contributed by atoms with Crippen molar-refractivity contribution in [2.75, 3.05) is 27.2 Å². The topological polar surface area (TPSA) is 39.3 Å². The fraction of sp³-hybridized carbons (Fsp3) is 0.450. The molecule has 4 heteroatoms. The summed E-state index contributed by atoms with van der Waals surface area (Å²) >= 11 is 0. The van der Waals surface area contributed by atoms with Crippen LogP contribution in [0, 0.1) is 0 Å². The summed E-state index contributed by atoms with van der Waals surface area (Å²) in [6.45, 7) is 6.09. The number of aromatic nitrogens is 1. The molecule has 1 aliphatic rings. The van der Waals surface area contributed by atoms with Crippen molar-refractivity contribution in [1.29, 1.82) is 0 Å². The molecule has 1 aromatic carbocycles. The minimum absolute atomic E-state index is 0.102. The van der Waals surface area contributed by atoms with E-state index >= 15 is 0 Å². The van der Waals surface area contributed by atoms with Gasteiger partial charge in [-0.1, -0.05) is 32.0 Å². The summed E-state index contributed by atoms with van der Waals surface area (Å²) < 4.78 is 0. The minimum Gasteiger partial charge on any atom is -0.355 e. The molecule has 0 saturated heterocycles. The van der Waals surface area contributed by atoms with Gasteiger partial charge >= 0.3 is 0 Å². The van der Waals surface area contributed by atoms with Crippen molar-refractivity contribution in [2.24, 2.45) is 0 Å². The van der Waals surface area contributed by atoms with Crippen LogP contribution in [0.25, 0.3) is 17.0 Å². The van der Waals surface area contributed by atoms with Gasteiger partial charge in [0.15, 0.2) is 0 Å². The third-order valence-electron chi connectivity index (χ3n) is 4.71. The van der Waals surface area contributed by atoms with Crippen LogP contribution >= 0.6 is 0 Å². The van der Waals surface area contributed by atoms with E-state index in [2.05, 4.69) is 48.0 Å². The summed E-state index contributed by atoms with van der Waals surface area (Å²) in [7, 11) is 4.08. The summed E-state index contributed by atoms with van der Waals surface area (Å²) in [4.78, 5) is 20.1. The van der Waals surface area contributed by atoms with Gasteiger partial charge in [0.1, 0.15) is 0 Å². The molecule has 0 fully saturated rings. The number of aromatic amines is 1. The van der Waals surface area contributed by atoms with Gasteiger partial charge in [-0.15, -0.1) is 0 Å². The Balaban J connectivity index is 1.85. The molecule has 1 N–H and O–H groups in total. The van der Waals surface area contributed by atoms with Gasteiger partial charge in [0.2, 0.25) is 5.91 Å². The molecule has 1 amide bonds. The molecule has 4 nitrogen and oxygen atoms in total. The second kappa shape index (κ2) is 6.44. The summed E-state index contributed by atoms with van der Waals surface area (Å²) in [6, 6.07) is 8.40. The van der Waals surface area contributed by atoms with Crippen LogP contribution in [0.3, 0.4) is 0 Å². The number of fused-ring (bicyclic) bond motifs is 3. The van der Waals surface area contributed by atoms with Crippen LogP contribution < -0.4 is 0 Å². The highest BCUT2D eigenvalue weighted by molar-refractivity contribution is 5.89. The van der Waals surface area contributed by atoms with E-state index in [-0.39, 0.29) is 11.3 Å². The molecule has 0 aliphatic carbocycles. The molecule has 1 aromatic heterocycles. The first-order valence-corrected chi connectivity index (χ1v) is 8.62. The maximum atomic E-state index is 12.6. The zero-order valence-electron chi connectivity index (χ0n) is 15.1. The van der Waals surface area contributed by atoms with Gasteiger partial charge < -0.3 is 14.8 Å². The molecule has 24 heavy (non-hydrogen) atoms. The summed E-state index contributed by atoms with van der Waals surface area (Å²) in [5.74, 6) is 0.204. The lowest BCUT2D eigenvalue weighted by Crippen LogP contribution is -2.37. The van der Waals surface area contributed by atoms with Crippen molar-refractivity contribution in [3.05, 3.63) is 41.7 Å². The highest BCUT2D eigenvalue weighted by atomic mass is 16.2. The van der Waals surface area contributed by atoms with Crippen molar-refractivity contribution >= 4 is 22.9 Å². The Hall–Kier alpha value is -2.07. The summed E-state index contributed by atoms with van der Waals surface area (Å²) in [5, 5.41) is 1.25. The zero-order chi connectivity index (χ0) is 17.3. The van der Waals surface area contributed by atoms with Crippen LogP contribution in [0.2, 0.25) is 0 Å². The molecule has 0 saturated carbocycles. The Bertz CT molecular complexity index is 770. The second-order valence-electron chi connectivity index (χ2n) is 7.59. The molecule has 0 atom stereocenters. The number of nitrogens with one attached hydrogen (secondary N) is 1. The van der Waals surface area contributed by atoms with Crippen molar-refractivity contribution in [1.82, 2.24) is 14.8 Å². The molecule has 1 aliphatic heterocycles. The molecule has 0 radical (unpaired) electrons. The van der Waals surface area contributed by atoms with E-state index in [1.807, 2.05) is 31.3 Å². The predicted molar refractivity (Wildman–Crippen MR) is 99.9 cm³/mol. The van der Waals surface area contributed by atoms with E-state index in [0.29, 0.717) is 13.0 Å². The number of para-hydroxylation sites is 1. The number of benzene rings is 1. The third kappa shape index (κ3) is 3.24. The molecule has 0 unspecified atom stereocenters. The second-order valence-corrected chi connectivity index (χ2v) is 7.59. The number of amides is 1. The molecule has 128 valence electrons. The summed E-state index contributed by atoms with van der Waals surface area (Å²) in [6.07, 6.45) is 5.48. The first-order valence-electron chi connectivity index (χ1n) is 8.62. The van der Waals surface area contributed by atoms with Gasteiger partial charge in [0, 0.05) is 41.2 Å². The molecular weight excluding hydrogens is 298 g/mol. The lowest BCUT2D eigenvalue weighted by Gasteiger charge is -2.30. The lowest BCUT2D eigenvalue weighted by molar-refractivity contribution is -0.129.